The molecule has 0 saturated heterocycles. The van der Waals surface area contributed by atoms with Crippen molar-refractivity contribution in [3.8, 4) is 0 Å². The van der Waals surface area contributed by atoms with Crippen LogP contribution in [-0.2, 0) is 0 Å². The third-order valence-electron chi connectivity index (χ3n) is 4.36. The predicted octanol–water partition coefficient (Wildman–Crippen LogP) is 2.16. The molecule has 1 aliphatic rings. The summed E-state index contributed by atoms with van der Waals surface area (Å²) in [5, 5.41) is 10.7. The third-order valence-corrected chi connectivity index (χ3v) is 4.36. The molecule has 0 amide bonds. The normalized spacial score (nSPS) is 40.9. The van der Waals surface area contributed by atoms with Gasteiger partial charge in [-0.05, 0) is 37.1 Å². The van der Waals surface area contributed by atoms with Crippen LogP contribution in [0.3, 0.4) is 0 Å². The van der Waals surface area contributed by atoms with Gasteiger partial charge in [-0.15, -0.1) is 0 Å². The molecule has 1 saturated carbocycles. The van der Waals surface area contributed by atoms with Crippen LogP contribution in [0.25, 0.3) is 0 Å². The second kappa shape index (κ2) is 4.63. The fraction of sp³-hybridized carbons (Fsp3) is 1.00. The second-order valence-corrected chi connectivity index (χ2v) is 4.99. The first-order chi connectivity index (χ1) is 6.56. The molecule has 0 radical (unpaired) electrons. The standard InChI is InChI=1S/C12H25NO/c1-4-11(8-13)12(14)7-5-6-9(2)10(12)3/h9-11,14H,4-8,13H2,1-3H3. The van der Waals surface area contributed by atoms with Crippen molar-refractivity contribution in [2.45, 2.75) is 52.1 Å². The van der Waals surface area contributed by atoms with Gasteiger partial charge in [0.2, 0.25) is 0 Å². The molecule has 0 aromatic heterocycles. The molecule has 1 rings (SSSR count). The molecule has 0 aliphatic heterocycles. The maximum atomic E-state index is 10.7. The van der Waals surface area contributed by atoms with Gasteiger partial charge in [0.1, 0.15) is 0 Å². The zero-order valence-electron chi connectivity index (χ0n) is 9.79. The van der Waals surface area contributed by atoms with Gasteiger partial charge in [0, 0.05) is 0 Å². The molecule has 1 aliphatic carbocycles. The van der Waals surface area contributed by atoms with Crippen LogP contribution >= 0.6 is 0 Å². The van der Waals surface area contributed by atoms with Crippen LogP contribution in [0.1, 0.15) is 46.5 Å². The van der Waals surface area contributed by atoms with Crippen molar-refractivity contribution in [1.29, 1.82) is 0 Å². The summed E-state index contributed by atoms with van der Waals surface area (Å²) in [4.78, 5) is 0. The van der Waals surface area contributed by atoms with Crippen LogP contribution in [0.5, 0.6) is 0 Å². The third kappa shape index (κ3) is 1.96. The van der Waals surface area contributed by atoms with E-state index < -0.39 is 5.60 Å². The molecule has 1 fully saturated rings. The van der Waals surface area contributed by atoms with Crippen molar-refractivity contribution in [3.05, 3.63) is 0 Å². The van der Waals surface area contributed by atoms with Gasteiger partial charge in [-0.25, -0.2) is 0 Å². The molecule has 2 nitrogen and oxygen atoms in total. The van der Waals surface area contributed by atoms with Gasteiger partial charge in [-0.1, -0.05) is 33.6 Å². The largest absolute Gasteiger partial charge is 0.389 e. The minimum absolute atomic E-state index is 0.278. The Morgan fingerprint density at radius 3 is 2.64 bits per heavy atom. The Balaban J connectivity index is 2.78. The monoisotopic (exact) mass is 199 g/mol. The average molecular weight is 199 g/mol. The summed E-state index contributed by atoms with van der Waals surface area (Å²) in [5.74, 6) is 1.30. The van der Waals surface area contributed by atoms with Crippen LogP contribution < -0.4 is 5.73 Å². The van der Waals surface area contributed by atoms with Gasteiger partial charge < -0.3 is 10.8 Å². The first kappa shape index (κ1) is 12.0. The molecule has 3 N–H and O–H groups in total. The van der Waals surface area contributed by atoms with Crippen LogP contribution in [0, 0.1) is 17.8 Å². The first-order valence-electron chi connectivity index (χ1n) is 5.98. The van der Waals surface area contributed by atoms with Gasteiger partial charge in [0.15, 0.2) is 0 Å². The van der Waals surface area contributed by atoms with E-state index in [-0.39, 0.29) is 5.92 Å². The van der Waals surface area contributed by atoms with E-state index in [9.17, 15) is 5.11 Å². The summed E-state index contributed by atoms with van der Waals surface area (Å²) in [6.45, 7) is 7.17. The van der Waals surface area contributed by atoms with Crippen LogP contribution in [0.4, 0.5) is 0 Å². The van der Waals surface area contributed by atoms with E-state index in [0.29, 0.717) is 18.4 Å². The van der Waals surface area contributed by atoms with Crippen LogP contribution in [-0.4, -0.2) is 17.3 Å². The Kier molecular flexibility index (Phi) is 3.96. The van der Waals surface area contributed by atoms with Crippen LogP contribution in [0.15, 0.2) is 0 Å². The predicted molar refractivity (Wildman–Crippen MR) is 60.0 cm³/mol. The van der Waals surface area contributed by atoms with E-state index in [1.54, 1.807) is 0 Å². The summed E-state index contributed by atoms with van der Waals surface area (Å²) in [6, 6.07) is 0. The number of hydrogen-bond acceptors (Lipinski definition) is 2. The van der Waals surface area contributed by atoms with Crippen LogP contribution in [0.2, 0.25) is 0 Å². The van der Waals surface area contributed by atoms with Crippen molar-refractivity contribution in [1.82, 2.24) is 0 Å². The lowest BCUT2D eigenvalue weighted by Gasteiger charge is -2.46. The maximum absolute atomic E-state index is 10.7. The Hall–Kier alpha value is -0.0800. The first-order valence-corrected chi connectivity index (χ1v) is 5.98. The zero-order valence-corrected chi connectivity index (χ0v) is 9.79. The number of aliphatic hydroxyl groups is 1. The summed E-state index contributed by atoms with van der Waals surface area (Å²) in [5.41, 5.74) is 5.25. The molecule has 2 heteroatoms. The van der Waals surface area contributed by atoms with E-state index in [1.807, 2.05) is 0 Å². The molecular weight excluding hydrogens is 174 g/mol. The van der Waals surface area contributed by atoms with Crippen molar-refractivity contribution < 1.29 is 5.11 Å². The van der Waals surface area contributed by atoms with Gasteiger partial charge in [0.25, 0.3) is 0 Å². The van der Waals surface area contributed by atoms with Gasteiger partial charge in [-0.2, -0.15) is 0 Å². The summed E-state index contributed by atoms with van der Waals surface area (Å²) in [7, 11) is 0. The quantitative estimate of drug-likeness (QED) is 0.731. The topological polar surface area (TPSA) is 46.2 Å². The fourth-order valence-corrected chi connectivity index (χ4v) is 2.98. The summed E-state index contributed by atoms with van der Waals surface area (Å²) < 4.78 is 0. The molecule has 14 heavy (non-hydrogen) atoms. The summed E-state index contributed by atoms with van der Waals surface area (Å²) >= 11 is 0. The Bertz CT molecular complexity index is 175. The minimum Gasteiger partial charge on any atom is -0.389 e. The lowest BCUT2D eigenvalue weighted by atomic mass is 9.64. The molecule has 0 aromatic carbocycles. The lowest BCUT2D eigenvalue weighted by Crippen LogP contribution is -2.51. The van der Waals surface area contributed by atoms with E-state index >= 15 is 0 Å². The van der Waals surface area contributed by atoms with Gasteiger partial charge in [0.05, 0.1) is 5.60 Å². The highest BCUT2D eigenvalue weighted by molar-refractivity contribution is 4.95. The molecular formula is C12H25NO. The van der Waals surface area contributed by atoms with Gasteiger partial charge >= 0.3 is 0 Å². The molecule has 4 unspecified atom stereocenters. The lowest BCUT2D eigenvalue weighted by molar-refractivity contribution is -0.105. The van der Waals surface area contributed by atoms with E-state index in [1.165, 1.54) is 6.42 Å². The van der Waals surface area contributed by atoms with Crippen molar-refractivity contribution in [2.75, 3.05) is 6.54 Å². The molecule has 4 atom stereocenters. The highest BCUT2D eigenvalue weighted by atomic mass is 16.3. The van der Waals surface area contributed by atoms with E-state index in [2.05, 4.69) is 20.8 Å². The molecule has 0 heterocycles. The zero-order chi connectivity index (χ0) is 10.8. The second-order valence-electron chi connectivity index (χ2n) is 4.99. The Morgan fingerprint density at radius 2 is 2.14 bits per heavy atom. The van der Waals surface area contributed by atoms with Gasteiger partial charge in [-0.3, -0.25) is 0 Å². The summed E-state index contributed by atoms with van der Waals surface area (Å²) in [6.07, 6.45) is 4.33. The minimum atomic E-state index is -0.499. The van der Waals surface area contributed by atoms with E-state index in [4.69, 9.17) is 5.73 Å². The number of rotatable bonds is 3. The average Bonchev–Trinajstić information content (AvgIpc) is 2.16. The maximum Gasteiger partial charge on any atom is 0.0715 e. The van der Waals surface area contributed by atoms with Crippen molar-refractivity contribution in [2.24, 2.45) is 23.5 Å². The van der Waals surface area contributed by atoms with Crippen molar-refractivity contribution in [3.63, 3.8) is 0 Å². The Morgan fingerprint density at radius 1 is 1.50 bits per heavy atom. The highest BCUT2D eigenvalue weighted by Crippen LogP contribution is 2.42. The molecule has 0 aromatic rings. The fourth-order valence-electron chi connectivity index (χ4n) is 2.98. The molecule has 84 valence electrons. The molecule has 0 spiro atoms. The smallest absolute Gasteiger partial charge is 0.0715 e. The molecule has 0 bridgehead atoms. The van der Waals surface area contributed by atoms with E-state index in [0.717, 1.165) is 19.3 Å². The SMILES string of the molecule is CCC(CN)C1(O)CCCC(C)C1C. The van der Waals surface area contributed by atoms with Crippen molar-refractivity contribution >= 4 is 0 Å². The number of nitrogens with two attached hydrogens (primary N) is 1. The highest BCUT2D eigenvalue weighted by Gasteiger charge is 2.44. The number of hydrogen-bond donors (Lipinski definition) is 2. The Labute approximate surface area is 87.9 Å².